The lowest BCUT2D eigenvalue weighted by Gasteiger charge is -2.18. The van der Waals surface area contributed by atoms with Crippen molar-refractivity contribution >= 4 is 17.9 Å². The van der Waals surface area contributed by atoms with Crippen LogP contribution >= 0.6 is 0 Å². The second-order valence-electron chi connectivity index (χ2n) is 17.1. The Morgan fingerprint density at radius 3 is 0.879 bits per heavy atom. The van der Waals surface area contributed by atoms with Crippen LogP contribution in [0.25, 0.3) is 0 Å². The average molecular weight is 817 g/mol. The molecule has 0 aliphatic carbocycles. The molecule has 0 aromatic carbocycles. The Balaban J connectivity index is 4.32. The zero-order valence-electron chi connectivity index (χ0n) is 38.8. The summed E-state index contributed by atoms with van der Waals surface area (Å²) in [5.41, 5.74) is 0. The maximum Gasteiger partial charge on any atom is 0.306 e. The summed E-state index contributed by atoms with van der Waals surface area (Å²) in [6, 6.07) is 0. The second kappa shape index (κ2) is 47.6. The third-order valence-electron chi connectivity index (χ3n) is 11.2. The van der Waals surface area contributed by atoms with Gasteiger partial charge in [0.15, 0.2) is 6.10 Å². The Bertz CT molecular complexity index is 942. The first-order valence-corrected chi connectivity index (χ1v) is 25.3. The Kier molecular flexibility index (Phi) is 45.8. The lowest BCUT2D eigenvalue weighted by molar-refractivity contribution is -0.167. The Morgan fingerprint density at radius 1 is 0.328 bits per heavy atom. The van der Waals surface area contributed by atoms with Gasteiger partial charge in [0.2, 0.25) is 0 Å². The van der Waals surface area contributed by atoms with Gasteiger partial charge in [-0.1, -0.05) is 206 Å². The van der Waals surface area contributed by atoms with E-state index in [4.69, 9.17) is 14.2 Å². The molecule has 0 aromatic heterocycles. The summed E-state index contributed by atoms with van der Waals surface area (Å²) in [7, 11) is 0. The minimum Gasteiger partial charge on any atom is -0.462 e. The first-order valence-electron chi connectivity index (χ1n) is 25.3. The second-order valence-corrected chi connectivity index (χ2v) is 17.1. The van der Waals surface area contributed by atoms with E-state index in [0.29, 0.717) is 19.3 Å². The summed E-state index contributed by atoms with van der Waals surface area (Å²) >= 11 is 0. The van der Waals surface area contributed by atoms with Crippen molar-refractivity contribution < 1.29 is 28.6 Å². The molecule has 1 unspecified atom stereocenters. The zero-order chi connectivity index (χ0) is 42.3. The van der Waals surface area contributed by atoms with Crippen LogP contribution in [0.15, 0.2) is 24.3 Å². The number of rotatable bonds is 46. The maximum atomic E-state index is 12.8. The monoisotopic (exact) mass is 817 g/mol. The molecule has 6 heteroatoms. The number of hydrogen-bond donors (Lipinski definition) is 0. The number of unbranched alkanes of at least 4 members (excludes halogenated alkanes) is 31. The number of allylic oxidation sites excluding steroid dienone is 4. The third kappa shape index (κ3) is 45.0. The van der Waals surface area contributed by atoms with Crippen LogP contribution in [-0.2, 0) is 28.6 Å². The summed E-state index contributed by atoms with van der Waals surface area (Å²) in [5.74, 6) is -0.878. The molecule has 0 rings (SSSR count). The fourth-order valence-corrected chi connectivity index (χ4v) is 7.31. The average Bonchev–Trinajstić information content (AvgIpc) is 3.22. The van der Waals surface area contributed by atoms with Gasteiger partial charge in [0.1, 0.15) is 13.2 Å². The van der Waals surface area contributed by atoms with Crippen LogP contribution in [0.4, 0.5) is 0 Å². The van der Waals surface area contributed by atoms with Crippen LogP contribution in [0.2, 0.25) is 0 Å². The standard InChI is InChI=1S/C52H96O6/c1-4-7-10-13-16-19-21-23-25-27-28-30-33-36-39-42-45-51(54)57-48-49(47-56-50(53)44-41-38-35-32-18-15-12-9-6-3)58-52(55)46-43-40-37-34-31-29-26-24-22-20-17-14-11-8-5-2/h20,22,25,27,49H,4-19,21,23-24,26,28-48H2,1-3H3/b22-20-,27-25-. The normalized spacial score (nSPS) is 12.1. The van der Waals surface area contributed by atoms with Crippen molar-refractivity contribution in [2.45, 2.75) is 277 Å². The molecule has 0 aromatic rings. The van der Waals surface area contributed by atoms with Gasteiger partial charge in [-0.2, -0.15) is 0 Å². The smallest absolute Gasteiger partial charge is 0.306 e. The van der Waals surface area contributed by atoms with Crippen molar-refractivity contribution in [1.82, 2.24) is 0 Å². The van der Waals surface area contributed by atoms with Crippen molar-refractivity contribution in [2.75, 3.05) is 13.2 Å². The molecule has 0 aliphatic rings. The minimum atomic E-state index is -0.771. The third-order valence-corrected chi connectivity index (χ3v) is 11.2. The summed E-state index contributed by atoms with van der Waals surface area (Å²) < 4.78 is 16.7. The predicted molar refractivity (Wildman–Crippen MR) is 247 cm³/mol. The lowest BCUT2D eigenvalue weighted by Crippen LogP contribution is -2.30. The summed E-state index contributed by atoms with van der Waals surface area (Å²) in [6.45, 7) is 6.61. The molecule has 0 heterocycles. The van der Waals surface area contributed by atoms with Crippen LogP contribution in [-0.4, -0.2) is 37.2 Å². The molecule has 1 atom stereocenters. The van der Waals surface area contributed by atoms with E-state index in [1.54, 1.807) is 0 Å². The van der Waals surface area contributed by atoms with Crippen LogP contribution in [0, 0.1) is 0 Å². The molecule has 0 fully saturated rings. The molecule has 0 spiro atoms. The van der Waals surface area contributed by atoms with Crippen molar-refractivity contribution in [3.05, 3.63) is 24.3 Å². The highest BCUT2D eigenvalue weighted by atomic mass is 16.6. The predicted octanol–water partition coefficient (Wildman–Crippen LogP) is 16.4. The molecule has 340 valence electrons. The highest BCUT2D eigenvalue weighted by Gasteiger charge is 2.19. The van der Waals surface area contributed by atoms with E-state index < -0.39 is 6.10 Å². The highest BCUT2D eigenvalue weighted by Crippen LogP contribution is 2.15. The molecule has 0 saturated heterocycles. The van der Waals surface area contributed by atoms with Crippen molar-refractivity contribution in [2.24, 2.45) is 0 Å². The molecule has 0 amide bonds. The largest absolute Gasteiger partial charge is 0.462 e. The van der Waals surface area contributed by atoms with Gasteiger partial charge in [-0.3, -0.25) is 14.4 Å². The molecular formula is C52H96O6. The fraction of sp³-hybridized carbons (Fsp3) is 0.865. The van der Waals surface area contributed by atoms with E-state index in [1.807, 2.05) is 0 Å². The Hall–Kier alpha value is -2.11. The number of carbonyl (C=O) groups excluding carboxylic acids is 3. The van der Waals surface area contributed by atoms with Gasteiger partial charge in [-0.05, 0) is 70.6 Å². The van der Waals surface area contributed by atoms with Crippen LogP contribution in [0.1, 0.15) is 271 Å². The number of hydrogen-bond acceptors (Lipinski definition) is 6. The van der Waals surface area contributed by atoms with Gasteiger partial charge in [0.25, 0.3) is 0 Å². The molecule has 0 N–H and O–H groups in total. The van der Waals surface area contributed by atoms with Crippen LogP contribution < -0.4 is 0 Å². The van der Waals surface area contributed by atoms with Gasteiger partial charge >= 0.3 is 17.9 Å². The minimum absolute atomic E-state index is 0.0726. The lowest BCUT2D eigenvalue weighted by atomic mass is 10.1. The van der Waals surface area contributed by atoms with E-state index in [9.17, 15) is 14.4 Å². The van der Waals surface area contributed by atoms with Crippen molar-refractivity contribution in [1.29, 1.82) is 0 Å². The molecular weight excluding hydrogens is 721 g/mol. The summed E-state index contributed by atoms with van der Waals surface area (Å²) in [4.78, 5) is 37.8. The first kappa shape index (κ1) is 55.9. The van der Waals surface area contributed by atoms with E-state index in [2.05, 4.69) is 45.1 Å². The zero-order valence-corrected chi connectivity index (χ0v) is 38.8. The van der Waals surface area contributed by atoms with Crippen molar-refractivity contribution in [3.8, 4) is 0 Å². The molecule has 0 aliphatic heterocycles. The highest BCUT2D eigenvalue weighted by molar-refractivity contribution is 5.71. The number of carbonyl (C=O) groups is 3. The molecule has 0 saturated carbocycles. The quantitative estimate of drug-likeness (QED) is 0.0263. The molecule has 0 radical (unpaired) electrons. The SMILES string of the molecule is CCCCCC/C=C\CCCCCCCCCC(=O)OC(COC(=O)CCCCCCC/C=C\CCCCCCCCC)COC(=O)CCCCCCCCCCC. The molecule has 6 nitrogen and oxygen atoms in total. The Labute approximate surface area is 360 Å². The van der Waals surface area contributed by atoms with E-state index in [0.717, 1.165) is 64.2 Å². The van der Waals surface area contributed by atoms with E-state index in [-0.39, 0.29) is 31.1 Å². The van der Waals surface area contributed by atoms with Crippen LogP contribution in [0.5, 0.6) is 0 Å². The van der Waals surface area contributed by atoms with E-state index in [1.165, 1.54) is 167 Å². The number of ether oxygens (including phenoxy) is 3. The van der Waals surface area contributed by atoms with Gasteiger partial charge in [0.05, 0.1) is 0 Å². The molecule has 0 bridgehead atoms. The summed E-state index contributed by atoms with van der Waals surface area (Å²) in [6.07, 6.45) is 53.0. The van der Waals surface area contributed by atoms with Crippen molar-refractivity contribution in [3.63, 3.8) is 0 Å². The van der Waals surface area contributed by atoms with Gasteiger partial charge in [0, 0.05) is 19.3 Å². The van der Waals surface area contributed by atoms with E-state index >= 15 is 0 Å². The van der Waals surface area contributed by atoms with Gasteiger partial charge < -0.3 is 14.2 Å². The van der Waals surface area contributed by atoms with Crippen LogP contribution in [0.3, 0.4) is 0 Å². The number of esters is 3. The maximum absolute atomic E-state index is 12.8. The Morgan fingerprint density at radius 2 is 0.569 bits per heavy atom. The van der Waals surface area contributed by atoms with Gasteiger partial charge in [-0.25, -0.2) is 0 Å². The summed E-state index contributed by atoms with van der Waals surface area (Å²) in [5, 5.41) is 0. The first-order chi connectivity index (χ1) is 28.5. The van der Waals surface area contributed by atoms with Gasteiger partial charge in [-0.15, -0.1) is 0 Å². The topological polar surface area (TPSA) is 78.9 Å². The fourth-order valence-electron chi connectivity index (χ4n) is 7.31. The molecule has 58 heavy (non-hydrogen) atoms.